The van der Waals surface area contributed by atoms with Gasteiger partial charge in [-0.05, 0) is 44.6 Å². The van der Waals surface area contributed by atoms with Gasteiger partial charge in [-0.2, -0.15) is 5.10 Å². The minimum atomic E-state index is 0.00105. The maximum Gasteiger partial charge on any atom is 0.317 e. The zero-order valence-corrected chi connectivity index (χ0v) is 14.4. The Bertz CT molecular complexity index is 692. The molecule has 1 N–H and O–H groups in total. The van der Waals surface area contributed by atoms with Crippen molar-refractivity contribution in [3.05, 3.63) is 36.0 Å². The largest absolute Gasteiger partial charge is 0.361 e. The van der Waals surface area contributed by atoms with Gasteiger partial charge in [0.2, 0.25) is 0 Å². The number of piperidine rings is 1. The van der Waals surface area contributed by atoms with E-state index >= 15 is 0 Å². The molecule has 3 heterocycles. The van der Waals surface area contributed by atoms with Crippen molar-refractivity contribution < 1.29 is 9.32 Å². The standard InChI is InChI=1S/C18H25N5O2/c24-18(19-13-15-12-17(25-21-15)14-5-6-14)23-10-2-1-4-16(23)7-11-22-9-3-8-20-22/h3,8-9,12,14,16H,1-2,4-7,10-11,13H2,(H,19,24)/t16-/m0/s1. The summed E-state index contributed by atoms with van der Waals surface area (Å²) < 4.78 is 7.27. The normalized spacial score (nSPS) is 20.6. The van der Waals surface area contributed by atoms with Gasteiger partial charge >= 0.3 is 6.03 Å². The molecule has 2 fully saturated rings. The smallest absolute Gasteiger partial charge is 0.317 e. The molecule has 134 valence electrons. The first-order chi connectivity index (χ1) is 12.3. The van der Waals surface area contributed by atoms with Crippen LogP contribution in [0.3, 0.4) is 0 Å². The molecule has 1 saturated carbocycles. The molecular formula is C18H25N5O2. The average Bonchev–Trinajstić information content (AvgIpc) is 3.16. The molecule has 1 aliphatic heterocycles. The highest BCUT2D eigenvalue weighted by atomic mass is 16.5. The molecule has 0 aromatic carbocycles. The van der Waals surface area contributed by atoms with E-state index in [0.717, 1.165) is 43.8 Å². The number of aryl methyl sites for hydroxylation is 1. The molecular weight excluding hydrogens is 318 g/mol. The van der Waals surface area contributed by atoms with E-state index in [1.54, 1.807) is 6.20 Å². The minimum absolute atomic E-state index is 0.00105. The van der Waals surface area contributed by atoms with E-state index in [-0.39, 0.29) is 12.1 Å². The van der Waals surface area contributed by atoms with E-state index in [1.807, 2.05) is 27.9 Å². The second-order valence-electron chi connectivity index (χ2n) is 7.05. The Morgan fingerprint density at radius 2 is 2.24 bits per heavy atom. The Labute approximate surface area is 147 Å². The zero-order valence-electron chi connectivity index (χ0n) is 14.4. The molecule has 0 spiro atoms. The number of rotatable bonds is 6. The van der Waals surface area contributed by atoms with E-state index in [0.29, 0.717) is 12.5 Å². The second-order valence-corrected chi connectivity index (χ2v) is 7.05. The first-order valence-corrected chi connectivity index (χ1v) is 9.27. The number of likely N-dealkylation sites (tertiary alicyclic amines) is 1. The lowest BCUT2D eigenvalue weighted by molar-refractivity contribution is 0.142. The highest BCUT2D eigenvalue weighted by Gasteiger charge is 2.29. The van der Waals surface area contributed by atoms with Crippen LogP contribution in [0, 0.1) is 0 Å². The van der Waals surface area contributed by atoms with Gasteiger partial charge in [0.15, 0.2) is 0 Å². The highest BCUT2D eigenvalue weighted by molar-refractivity contribution is 5.74. The minimum Gasteiger partial charge on any atom is -0.361 e. The maximum absolute atomic E-state index is 12.6. The molecule has 1 saturated heterocycles. The molecule has 7 heteroatoms. The van der Waals surface area contributed by atoms with Gasteiger partial charge in [-0.1, -0.05) is 5.16 Å². The molecule has 0 radical (unpaired) electrons. The van der Waals surface area contributed by atoms with Gasteiger partial charge in [-0.3, -0.25) is 4.68 Å². The van der Waals surface area contributed by atoms with Crippen molar-refractivity contribution in [2.24, 2.45) is 0 Å². The molecule has 1 aliphatic carbocycles. The number of hydrogen-bond acceptors (Lipinski definition) is 4. The van der Waals surface area contributed by atoms with Crippen molar-refractivity contribution in [1.82, 2.24) is 25.2 Å². The van der Waals surface area contributed by atoms with Crippen molar-refractivity contribution in [3.63, 3.8) is 0 Å². The monoisotopic (exact) mass is 343 g/mol. The third-order valence-electron chi connectivity index (χ3n) is 5.12. The summed E-state index contributed by atoms with van der Waals surface area (Å²) in [5, 5.41) is 11.3. The predicted molar refractivity (Wildman–Crippen MR) is 91.9 cm³/mol. The molecule has 4 rings (SSSR count). The lowest BCUT2D eigenvalue weighted by atomic mass is 10.00. The first-order valence-electron chi connectivity index (χ1n) is 9.27. The van der Waals surface area contributed by atoms with Crippen LogP contribution in [-0.4, -0.2) is 38.5 Å². The van der Waals surface area contributed by atoms with Crippen molar-refractivity contribution in [1.29, 1.82) is 0 Å². The van der Waals surface area contributed by atoms with E-state index < -0.39 is 0 Å². The van der Waals surface area contributed by atoms with Gasteiger partial charge in [0.05, 0.1) is 6.54 Å². The van der Waals surface area contributed by atoms with Crippen LogP contribution in [0.5, 0.6) is 0 Å². The fraction of sp³-hybridized carbons (Fsp3) is 0.611. The van der Waals surface area contributed by atoms with Gasteiger partial charge in [-0.15, -0.1) is 0 Å². The van der Waals surface area contributed by atoms with Crippen LogP contribution in [0.15, 0.2) is 29.0 Å². The van der Waals surface area contributed by atoms with E-state index in [9.17, 15) is 4.79 Å². The summed E-state index contributed by atoms with van der Waals surface area (Å²) in [5.41, 5.74) is 0.806. The van der Waals surface area contributed by atoms with Crippen molar-refractivity contribution in [3.8, 4) is 0 Å². The number of nitrogens with one attached hydrogen (secondary N) is 1. The fourth-order valence-electron chi connectivity index (χ4n) is 3.52. The molecule has 0 unspecified atom stereocenters. The van der Waals surface area contributed by atoms with Gasteiger partial charge in [0, 0.05) is 43.5 Å². The molecule has 1 atom stereocenters. The van der Waals surface area contributed by atoms with Gasteiger partial charge in [0.25, 0.3) is 0 Å². The number of aromatic nitrogens is 3. The number of hydrogen-bond donors (Lipinski definition) is 1. The summed E-state index contributed by atoms with van der Waals surface area (Å²) in [7, 11) is 0. The molecule has 0 bridgehead atoms. The molecule has 2 amide bonds. The first kappa shape index (κ1) is 16.2. The Morgan fingerprint density at radius 3 is 3.04 bits per heavy atom. The van der Waals surface area contributed by atoms with E-state index in [1.165, 1.54) is 19.3 Å². The van der Waals surface area contributed by atoms with Crippen LogP contribution < -0.4 is 5.32 Å². The lowest BCUT2D eigenvalue weighted by Crippen LogP contribution is -2.48. The second kappa shape index (κ2) is 7.29. The van der Waals surface area contributed by atoms with Crippen LogP contribution in [-0.2, 0) is 13.1 Å². The van der Waals surface area contributed by atoms with Crippen LogP contribution in [0.2, 0.25) is 0 Å². The highest BCUT2D eigenvalue weighted by Crippen LogP contribution is 2.40. The van der Waals surface area contributed by atoms with Crippen LogP contribution in [0.4, 0.5) is 4.79 Å². The summed E-state index contributed by atoms with van der Waals surface area (Å²) in [6.45, 7) is 2.09. The third-order valence-corrected chi connectivity index (χ3v) is 5.12. The third kappa shape index (κ3) is 4.03. The number of carbonyl (C=O) groups excluding carboxylic acids is 1. The zero-order chi connectivity index (χ0) is 17.1. The van der Waals surface area contributed by atoms with Crippen LogP contribution in [0.25, 0.3) is 0 Å². The number of carbonyl (C=O) groups is 1. The van der Waals surface area contributed by atoms with Crippen molar-refractivity contribution >= 4 is 6.03 Å². The Kier molecular flexibility index (Phi) is 4.72. The number of amides is 2. The van der Waals surface area contributed by atoms with E-state index in [4.69, 9.17) is 4.52 Å². The Balaban J connectivity index is 1.30. The summed E-state index contributed by atoms with van der Waals surface area (Å²) >= 11 is 0. The Hall–Kier alpha value is -2.31. The summed E-state index contributed by atoms with van der Waals surface area (Å²) in [6.07, 6.45) is 10.4. The summed E-state index contributed by atoms with van der Waals surface area (Å²) in [4.78, 5) is 14.6. The van der Waals surface area contributed by atoms with Crippen LogP contribution >= 0.6 is 0 Å². The van der Waals surface area contributed by atoms with E-state index in [2.05, 4.69) is 15.6 Å². The average molecular weight is 343 g/mol. The quantitative estimate of drug-likeness (QED) is 0.875. The molecule has 2 aromatic heterocycles. The van der Waals surface area contributed by atoms with Gasteiger partial charge in [0.1, 0.15) is 11.5 Å². The number of urea groups is 1. The molecule has 25 heavy (non-hydrogen) atoms. The SMILES string of the molecule is O=C(NCc1cc(C2CC2)on1)N1CCCC[C@H]1CCn1cccn1. The lowest BCUT2D eigenvalue weighted by Gasteiger charge is -2.35. The van der Waals surface area contributed by atoms with Crippen molar-refractivity contribution in [2.45, 2.75) is 63.6 Å². The summed E-state index contributed by atoms with van der Waals surface area (Å²) in [5.74, 6) is 1.50. The van der Waals surface area contributed by atoms with Gasteiger partial charge < -0.3 is 14.7 Å². The topological polar surface area (TPSA) is 76.2 Å². The maximum atomic E-state index is 12.6. The predicted octanol–water partition coefficient (Wildman–Crippen LogP) is 2.90. The molecule has 2 aromatic rings. The summed E-state index contributed by atoms with van der Waals surface area (Å²) in [6, 6.07) is 4.18. The van der Waals surface area contributed by atoms with Gasteiger partial charge in [-0.25, -0.2) is 4.79 Å². The Morgan fingerprint density at radius 1 is 1.32 bits per heavy atom. The van der Waals surface area contributed by atoms with Crippen molar-refractivity contribution in [2.75, 3.05) is 6.54 Å². The fourth-order valence-corrected chi connectivity index (χ4v) is 3.52. The van der Waals surface area contributed by atoms with Crippen LogP contribution in [0.1, 0.15) is 55.9 Å². The molecule has 2 aliphatic rings. The molecule has 7 nitrogen and oxygen atoms in total. The number of nitrogens with zero attached hydrogens (tertiary/aromatic N) is 4.